The zero-order valence-electron chi connectivity index (χ0n) is 22.7. The molecule has 7 heteroatoms. The lowest BCUT2D eigenvalue weighted by molar-refractivity contribution is 0.0947. The molecular weight excluding hydrogens is 510 g/mol. The van der Waals surface area contributed by atoms with E-state index in [1.807, 2.05) is 84.9 Å². The average molecular weight is 542 g/mol. The largest absolute Gasteiger partial charge is 0.352 e. The Labute approximate surface area is 238 Å². The lowest BCUT2D eigenvalue weighted by Crippen LogP contribution is -2.30. The number of hydrogen-bond acceptors (Lipinski definition) is 5. The third kappa shape index (κ3) is 5.85. The van der Waals surface area contributed by atoms with Crippen LogP contribution in [0.3, 0.4) is 0 Å². The van der Waals surface area contributed by atoms with Crippen LogP contribution in [0.5, 0.6) is 0 Å². The maximum absolute atomic E-state index is 12.9. The van der Waals surface area contributed by atoms with E-state index in [1.54, 1.807) is 0 Å². The smallest absolute Gasteiger partial charge is 0.253 e. The summed E-state index contributed by atoms with van der Waals surface area (Å²) in [6.07, 6.45) is 1.60. The molecule has 0 aliphatic heterocycles. The van der Waals surface area contributed by atoms with Crippen LogP contribution in [0.15, 0.2) is 97.1 Å². The summed E-state index contributed by atoms with van der Waals surface area (Å²) in [6, 6.07) is 31.4. The first-order chi connectivity index (χ1) is 20.2. The van der Waals surface area contributed by atoms with Gasteiger partial charge in [-0.15, -0.1) is 0 Å². The number of para-hydroxylation sites is 4. The van der Waals surface area contributed by atoms with Crippen molar-refractivity contribution in [3.63, 3.8) is 0 Å². The lowest BCUT2D eigenvalue weighted by atomic mass is 10.1. The third-order valence-electron chi connectivity index (χ3n) is 7.22. The molecule has 0 atom stereocenters. The van der Waals surface area contributed by atoms with Crippen molar-refractivity contribution in [1.82, 2.24) is 25.9 Å². The minimum Gasteiger partial charge on any atom is -0.352 e. The van der Waals surface area contributed by atoms with Crippen LogP contribution in [0, 0.1) is 0 Å². The molecule has 0 fully saturated rings. The second-order valence-electron chi connectivity index (χ2n) is 10.1. The van der Waals surface area contributed by atoms with E-state index in [-0.39, 0.29) is 11.8 Å². The first-order valence-corrected chi connectivity index (χ1v) is 14.0. The minimum atomic E-state index is -0.114. The lowest BCUT2D eigenvalue weighted by Gasteiger charge is -2.10. The maximum Gasteiger partial charge on any atom is 0.253 e. The molecule has 0 saturated heterocycles. The van der Waals surface area contributed by atoms with Gasteiger partial charge in [-0.1, -0.05) is 60.7 Å². The van der Waals surface area contributed by atoms with Crippen LogP contribution in [0.25, 0.3) is 43.6 Å². The molecule has 0 unspecified atom stereocenters. The molecule has 7 nitrogen and oxygen atoms in total. The highest BCUT2D eigenvalue weighted by Crippen LogP contribution is 2.23. The van der Waals surface area contributed by atoms with Gasteiger partial charge in [0, 0.05) is 34.6 Å². The van der Waals surface area contributed by atoms with Crippen molar-refractivity contribution in [2.45, 2.75) is 12.8 Å². The number of rotatable bonds is 10. The number of pyridine rings is 2. The van der Waals surface area contributed by atoms with E-state index in [4.69, 9.17) is 9.97 Å². The molecule has 0 aliphatic rings. The summed E-state index contributed by atoms with van der Waals surface area (Å²) in [5, 5.41) is 13.4. The highest BCUT2D eigenvalue weighted by molar-refractivity contribution is 6.08. The van der Waals surface area contributed by atoms with E-state index < -0.39 is 0 Å². The minimum absolute atomic E-state index is 0.114. The first-order valence-electron chi connectivity index (χ1n) is 14.0. The van der Waals surface area contributed by atoms with Gasteiger partial charge >= 0.3 is 0 Å². The maximum atomic E-state index is 12.9. The van der Waals surface area contributed by atoms with E-state index in [2.05, 4.69) is 28.1 Å². The van der Waals surface area contributed by atoms with Gasteiger partial charge in [0.2, 0.25) is 0 Å². The van der Waals surface area contributed by atoms with Gasteiger partial charge in [-0.25, -0.2) is 9.97 Å². The zero-order chi connectivity index (χ0) is 28.0. The van der Waals surface area contributed by atoms with Gasteiger partial charge in [0.1, 0.15) is 0 Å². The van der Waals surface area contributed by atoms with Gasteiger partial charge in [-0.05, 0) is 62.3 Å². The molecule has 41 heavy (non-hydrogen) atoms. The van der Waals surface area contributed by atoms with E-state index in [1.165, 1.54) is 0 Å². The topological polar surface area (TPSA) is 96.0 Å². The van der Waals surface area contributed by atoms with Crippen LogP contribution in [0.1, 0.15) is 33.6 Å². The third-order valence-corrected chi connectivity index (χ3v) is 7.22. The molecule has 4 aromatic carbocycles. The standard InChI is InChI=1S/C34H31N5O2/c40-33(27-13-5-11-25-21-23-9-1-3-15-29(23)38-31(25)27)36-19-7-17-35-18-8-20-37-34(41)28-14-6-12-26-22-24-10-2-4-16-30(24)39-32(26)28/h1-6,9-16,21-22,35H,7-8,17-20H2,(H,36,40)(H,37,41). The van der Waals surface area contributed by atoms with Crippen molar-refractivity contribution >= 4 is 55.4 Å². The summed E-state index contributed by atoms with van der Waals surface area (Å²) in [5.41, 5.74) is 4.37. The molecule has 2 heterocycles. The van der Waals surface area contributed by atoms with Gasteiger partial charge in [-0.3, -0.25) is 9.59 Å². The molecule has 2 amide bonds. The van der Waals surface area contributed by atoms with Crippen LogP contribution in [0.2, 0.25) is 0 Å². The Balaban J connectivity index is 0.932. The highest BCUT2D eigenvalue weighted by atomic mass is 16.2. The fraction of sp³-hybridized carbons (Fsp3) is 0.176. The van der Waals surface area contributed by atoms with Gasteiger partial charge in [0.15, 0.2) is 0 Å². The Morgan fingerprint density at radius 2 is 0.951 bits per heavy atom. The van der Waals surface area contributed by atoms with E-state index in [0.29, 0.717) is 24.2 Å². The summed E-state index contributed by atoms with van der Waals surface area (Å²) < 4.78 is 0. The Morgan fingerprint density at radius 1 is 0.512 bits per heavy atom. The molecule has 0 aliphatic carbocycles. The number of nitrogens with zero attached hydrogens (tertiary/aromatic N) is 2. The van der Waals surface area contributed by atoms with Crippen LogP contribution >= 0.6 is 0 Å². The molecule has 3 N–H and O–H groups in total. The predicted molar refractivity (Wildman–Crippen MR) is 165 cm³/mol. The number of aromatic nitrogens is 2. The summed E-state index contributed by atoms with van der Waals surface area (Å²) in [4.78, 5) is 35.2. The molecule has 6 aromatic rings. The number of benzene rings is 4. The Bertz CT molecular complexity index is 1750. The number of fused-ring (bicyclic) bond motifs is 4. The monoisotopic (exact) mass is 541 g/mol. The average Bonchev–Trinajstić information content (AvgIpc) is 3.01. The van der Waals surface area contributed by atoms with Crippen LogP contribution in [-0.4, -0.2) is 48.0 Å². The van der Waals surface area contributed by atoms with Gasteiger partial charge in [0.05, 0.1) is 33.2 Å². The molecule has 6 rings (SSSR count). The molecule has 0 spiro atoms. The van der Waals surface area contributed by atoms with Crippen molar-refractivity contribution in [3.05, 3.63) is 108 Å². The number of hydrogen-bond donors (Lipinski definition) is 3. The number of amides is 2. The van der Waals surface area contributed by atoms with Crippen molar-refractivity contribution < 1.29 is 9.59 Å². The van der Waals surface area contributed by atoms with Crippen LogP contribution < -0.4 is 16.0 Å². The second-order valence-corrected chi connectivity index (χ2v) is 10.1. The molecular formula is C34H31N5O2. The second kappa shape index (κ2) is 12.1. The predicted octanol–water partition coefficient (Wildman–Crippen LogP) is 5.62. The Hall–Kier alpha value is -4.88. The Morgan fingerprint density at radius 3 is 1.44 bits per heavy atom. The van der Waals surface area contributed by atoms with Crippen LogP contribution in [-0.2, 0) is 0 Å². The molecule has 0 radical (unpaired) electrons. The van der Waals surface area contributed by atoms with Crippen molar-refractivity contribution in [2.75, 3.05) is 26.2 Å². The fourth-order valence-electron chi connectivity index (χ4n) is 5.12. The van der Waals surface area contributed by atoms with E-state index >= 15 is 0 Å². The summed E-state index contributed by atoms with van der Waals surface area (Å²) in [6.45, 7) is 2.67. The van der Waals surface area contributed by atoms with Gasteiger partial charge in [-0.2, -0.15) is 0 Å². The summed E-state index contributed by atoms with van der Waals surface area (Å²) >= 11 is 0. The summed E-state index contributed by atoms with van der Waals surface area (Å²) in [7, 11) is 0. The van der Waals surface area contributed by atoms with Gasteiger partial charge < -0.3 is 16.0 Å². The number of carbonyl (C=O) groups excluding carboxylic acids is 2. The van der Waals surface area contributed by atoms with E-state index in [0.717, 1.165) is 69.5 Å². The summed E-state index contributed by atoms with van der Waals surface area (Å²) in [5.74, 6) is -0.228. The normalized spacial score (nSPS) is 11.3. The van der Waals surface area contributed by atoms with Gasteiger partial charge in [0.25, 0.3) is 11.8 Å². The highest BCUT2D eigenvalue weighted by Gasteiger charge is 2.13. The molecule has 0 bridgehead atoms. The molecule has 2 aromatic heterocycles. The Kier molecular flexibility index (Phi) is 7.78. The van der Waals surface area contributed by atoms with Crippen molar-refractivity contribution in [1.29, 1.82) is 0 Å². The SMILES string of the molecule is O=C(NCCCNCCCNC(=O)c1cccc2cc3ccccc3nc12)c1cccc2cc3ccccc3nc12. The van der Waals surface area contributed by atoms with Crippen LogP contribution in [0.4, 0.5) is 0 Å². The first kappa shape index (κ1) is 26.3. The fourth-order valence-corrected chi connectivity index (χ4v) is 5.12. The molecule has 204 valence electrons. The number of nitrogens with one attached hydrogen (secondary N) is 3. The van der Waals surface area contributed by atoms with Crippen molar-refractivity contribution in [3.8, 4) is 0 Å². The number of carbonyl (C=O) groups is 2. The molecule has 0 saturated carbocycles. The quantitative estimate of drug-likeness (QED) is 0.155. The van der Waals surface area contributed by atoms with E-state index in [9.17, 15) is 9.59 Å². The van der Waals surface area contributed by atoms with Crippen molar-refractivity contribution in [2.24, 2.45) is 0 Å². The zero-order valence-corrected chi connectivity index (χ0v) is 22.7.